The van der Waals surface area contributed by atoms with Crippen LogP contribution in [0.3, 0.4) is 0 Å². The molecule has 0 radical (unpaired) electrons. The van der Waals surface area contributed by atoms with Gasteiger partial charge in [-0.05, 0) is 33.0 Å². The van der Waals surface area contributed by atoms with E-state index in [-0.39, 0.29) is 11.9 Å². The predicted octanol–water partition coefficient (Wildman–Crippen LogP) is 3.50. The molecular weight excluding hydrogens is 336 g/mol. The minimum Gasteiger partial charge on any atom is -0.355 e. The van der Waals surface area contributed by atoms with E-state index in [2.05, 4.69) is 23.6 Å². The molecule has 0 saturated carbocycles. The fourth-order valence-electron chi connectivity index (χ4n) is 3.01. The molecule has 0 fully saturated rings. The standard InChI is InChI=1S/C22H26N4O/c1-4-23-22(27)17(2)25(3)15-19-16-26(20-13-9-6-10-14-20)24-21(19)18-11-7-5-8-12-18/h5-14,16-17H,4,15H2,1-3H3,(H,23,27)/t17-/m1/s1. The summed E-state index contributed by atoms with van der Waals surface area (Å²) in [4.78, 5) is 14.2. The van der Waals surface area contributed by atoms with Crippen molar-refractivity contribution in [2.24, 2.45) is 0 Å². The molecule has 0 bridgehead atoms. The molecule has 3 rings (SSSR count). The summed E-state index contributed by atoms with van der Waals surface area (Å²) >= 11 is 0. The van der Waals surface area contributed by atoms with E-state index in [1.807, 2.05) is 79.0 Å². The second-order valence-corrected chi connectivity index (χ2v) is 6.63. The van der Waals surface area contributed by atoms with Gasteiger partial charge in [0.2, 0.25) is 5.91 Å². The maximum Gasteiger partial charge on any atom is 0.237 e. The first-order valence-electron chi connectivity index (χ1n) is 9.27. The van der Waals surface area contributed by atoms with Crippen molar-refractivity contribution in [1.82, 2.24) is 20.0 Å². The molecule has 0 aliphatic carbocycles. The van der Waals surface area contributed by atoms with Crippen molar-refractivity contribution < 1.29 is 4.79 Å². The molecule has 3 aromatic rings. The highest BCUT2D eigenvalue weighted by molar-refractivity contribution is 5.81. The molecular formula is C22H26N4O. The van der Waals surface area contributed by atoms with Gasteiger partial charge in [-0.1, -0.05) is 48.5 Å². The predicted molar refractivity (Wildman–Crippen MR) is 109 cm³/mol. The molecule has 0 aliphatic heterocycles. The molecule has 140 valence electrons. The Kier molecular flexibility index (Phi) is 6.04. The van der Waals surface area contributed by atoms with Crippen LogP contribution in [0.5, 0.6) is 0 Å². The zero-order valence-corrected chi connectivity index (χ0v) is 16.1. The van der Waals surface area contributed by atoms with Crippen LogP contribution in [0.1, 0.15) is 19.4 Å². The van der Waals surface area contributed by atoms with Gasteiger partial charge in [0.05, 0.1) is 17.4 Å². The first-order valence-corrected chi connectivity index (χ1v) is 9.27. The Morgan fingerprint density at radius 2 is 1.74 bits per heavy atom. The number of hydrogen-bond donors (Lipinski definition) is 1. The normalized spacial score (nSPS) is 12.1. The number of nitrogens with zero attached hydrogens (tertiary/aromatic N) is 3. The monoisotopic (exact) mass is 362 g/mol. The van der Waals surface area contributed by atoms with Crippen LogP contribution < -0.4 is 5.32 Å². The van der Waals surface area contributed by atoms with Gasteiger partial charge in [0.25, 0.3) is 0 Å². The summed E-state index contributed by atoms with van der Waals surface area (Å²) in [5, 5.41) is 7.72. The van der Waals surface area contributed by atoms with Crippen LogP contribution in [0.25, 0.3) is 16.9 Å². The van der Waals surface area contributed by atoms with Crippen LogP contribution in [0, 0.1) is 0 Å². The molecule has 1 heterocycles. The third kappa shape index (κ3) is 4.44. The average molecular weight is 362 g/mol. The molecule has 5 heteroatoms. The lowest BCUT2D eigenvalue weighted by Gasteiger charge is -2.23. The Morgan fingerprint density at radius 1 is 1.11 bits per heavy atom. The van der Waals surface area contributed by atoms with Crippen molar-refractivity contribution in [2.45, 2.75) is 26.4 Å². The Hall–Kier alpha value is -2.92. The highest BCUT2D eigenvalue weighted by Crippen LogP contribution is 2.25. The summed E-state index contributed by atoms with van der Waals surface area (Å²) in [6.07, 6.45) is 2.05. The lowest BCUT2D eigenvalue weighted by Crippen LogP contribution is -2.42. The number of rotatable bonds is 7. The Morgan fingerprint density at radius 3 is 2.37 bits per heavy atom. The maximum atomic E-state index is 12.2. The van der Waals surface area contributed by atoms with Crippen molar-refractivity contribution in [3.63, 3.8) is 0 Å². The molecule has 1 atom stereocenters. The van der Waals surface area contributed by atoms with Gasteiger partial charge in [-0.2, -0.15) is 5.10 Å². The van der Waals surface area contributed by atoms with Gasteiger partial charge in [0, 0.05) is 30.4 Å². The first-order chi connectivity index (χ1) is 13.1. The number of para-hydroxylation sites is 1. The van der Waals surface area contributed by atoms with E-state index in [0.29, 0.717) is 13.1 Å². The summed E-state index contributed by atoms with van der Waals surface area (Å²) in [6.45, 7) is 5.13. The number of carbonyl (C=O) groups is 1. The number of carbonyl (C=O) groups excluding carboxylic acids is 1. The summed E-state index contributed by atoms with van der Waals surface area (Å²) < 4.78 is 1.91. The van der Waals surface area contributed by atoms with E-state index >= 15 is 0 Å². The van der Waals surface area contributed by atoms with E-state index in [1.54, 1.807) is 0 Å². The minimum absolute atomic E-state index is 0.0386. The highest BCUT2D eigenvalue weighted by atomic mass is 16.2. The summed E-state index contributed by atoms with van der Waals surface area (Å²) in [5.41, 5.74) is 4.11. The van der Waals surface area contributed by atoms with Crippen LogP contribution >= 0.6 is 0 Å². The third-order valence-electron chi connectivity index (χ3n) is 4.67. The smallest absolute Gasteiger partial charge is 0.237 e. The topological polar surface area (TPSA) is 50.2 Å². The molecule has 0 unspecified atom stereocenters. The maximum absolute atomic E-state index is 12.2. The second kappa shape index (κ2) is 8.64. The Labute approximate surface area is 160 Å². The molecule has 0 spiro atoms. The van der Waals surface area contributed by atoms with Crippen LogP contribution in [0.2, 0.25) is 0 Å². The van der Waals surface area contributed by atoms with E-state index < -0.39 is 0 Å². The van der Waals surface area contributed by atoms with Crippen LogP contribution in [-0.4, -0.2) is 40.2 Å². The zero-order chi connectivity index (χ0) is 19.2. The van der Waals surface area contributed by atoms with Gasteiger partial charge in [-0.25, -0.2) is 4.68 Å². The van der Waals surface area contributed by atoms with Crippen molar-refractivity contribution in [1.29, 1.82) is 0 Å². The summed E-state index contributed by atoms with van der Waals surface area (Å²) in [6, 6.07) is 20.0. The molecule has 0 aliphatic rings. The number of amides is 1. The molecule has 2 aromatic carbocycles. The average Bonchev–Trinajstić information content (AvgIpc) is 3.12. The lowest BCUT2D eigenvalue weighted by atomic mass is 10.1. The van der Waals surface area contributed by atoms with Crippen molar-refractivity contribution in [3.05, 3.63) is 72.4 Å². The van der Waals surface area contributed by atoms with Crippen LogP contribution in [-0.2, 0) is 11.3 Å². The Bertz CT molecular complexity index is 874. The lowest BCUT2D eigenvalue weighted by molar-refractivity contribution is -0.125. The zero-order valence-electron chi connectivity index (χ0n) is 16.1. The fourth-order valence-corrected chi connectivity index (χ4v) is 3.01. The molecule has 1 amide bonds. The highest BCUT2D eigenvalue weighted by Gasteiger charge is 2.20. The first kappa shape index (κ1) is 18.9. The number of likely N-dealkylation sites (N-methyl/N-ethyl adjacent to an activating group) is 2. The van der Waals surface area contributed by atoms with Crippen molar-refractivity contribution in [2.75, 3.05) is 13.6 Å². The quantitative estimate of drug-likeness (QED) is 0.700. The van der Waals surface area contributed by atoms with Gasteiger partial charge in [-0.15, -0.1) is 0 Å². The van der Waals surface area contributed by atoms with E-state index in [0.717, 1.165) is 22.5 Å². The SMILES string of the molecule is CCNC(=O)[C@@H](C)N(C)Cc1cn(-c2ccccc2)nc1-c1ccccc1. The minimum atomic E-state index is -0.214. The van der Waals surface area contributed by atoms with Gasteiger partial charge < -0.3 is 5.32 Å². The molecule has 27 heavy (non-hydrogen) atoms. The fraction of sp³-hybridized carbons (Fsp3) is 0.273. The molecule has 1 N–H and O–H groups in total. The Balaban J connectivity index is 1.93. The van der Waals surface area contributed by atoms with E-state index in [9.17, 15) is 4.79 Å². The summed E-state index contributed by atoms with van der Waals surface area (Å²) in [7, 11) is 1.97. The number of hydrogen-bond acceptors (Lipinski definition) is 3. The van der Waals surface area contributed by atoms with Gasteiger partial charge in [0.15, 0.2) is 0 Å². The number of aromatic nitrogens is 2. The van der Waals surface area contributed by atoms with Crippen LogP contribution in [0.15, 0.2) is 66.9 Å². The summed E-state index contributed by atoms with van der Waals surface area (Å²) in [5.74, 6) is 0.0386. The third-order valence-corrected chi connectivity index (χ3v) is 4.67. The molecule has 0 saturated heterocycles. The number of benzene rings is 2. The van der Waals surface area contributed by atoms with Crippen molar-refractivity contribution in [3.8, 4) is 16.9 Å². The molecule has 5 nitrogen and oxygen atoms in total. The number of nitrogens with one attached hydrogen (secondary N) is 1. The van der Waals surface area contributed by atoms with Gasteiger partial charge in [-0.3, -0.25) is 9.69 Å². The van der Waals surface area contributed by atoms with E-state index in [4.69, 9.17) is 5.10 Å². The second-order valence-electron chi connectivity index (χ2n) is 6.63. The van der Waals surface area contributed by atoms with E-state index in [1.165, 1.54) is 0 Å². The largest absolute Gasteiger partial charge is 0.355 e. The van der Waals surface area contributed by atoms with Crippen molar-refractivity contribution >= 4 is 5.91 Å². The van der Waals surface area contributed by atoms with Gasteiger partial charge in [0.1, 0.15) is 0 Å². The van der Waals surface area contributed by atoms with Gasteiger partial charge >= 0.3 is 0 Å². The van der Waals surface area contributed by atoms with Crippen LogP contribution in [0.4, 0.5) is 0 Å². The molecule has 1 aromatic heterocycles.